The quantitative estimate of drug-likeness (QED) is 0.877. The Balaban J connectivity index is 2.09. The van der Waals surface area contributed by atoms with E-state index in [9.17, 15) is 4.39 Å². The number of hydrogen-bond donors (Lipinski definition) is 1. The van der Waals surface area contributed by atoms with Crippen molar-refractivity contribution in [2.45, 2.75) is 45.8 Å². The van der Waals surface area contributed by atoms with E-state index in [-0.39, 0.29) is 23.4 Å². The number of nitrogens with two attached hydrogens (primary N) is 1. The van der Waals surface area contributed by atoms with Crippen LogP contribution < -0.4 is 10.5 Å². The summed E-state index contributed by atoms with van der Waals surface area (Å²) in [6.45, 7) is 6.03. The van der Waals surface area contributed by atoms with Crippen molar-refractivity contribution in [1.82, 2.24) is 0 Å². The lowest BCUT2D eigenvalue weighted by atomic mass is 9.62. The van der Waals surface area contributed by atoms with E-state index in [1.54, 1.807) is 19.1 Å². The molecule has 94 valence electrons. The molecule has 1 aromatic carbocycles. The van der Waals surface area contributed by atoms with Gasteiger partial charge in [0, 0.05) is 17.9 Å². The van der Waals surface area contributed by atoms with Gasteiger partial charge in [0.15, 0.2) is 0 Å². The molecular weight excluding hydrogens is 217 g/mol. The van der Waals surface area contributed by atoms with Crippen LogP contribution in [0.15, 0.2) is 18.2 Å². The summed E-state index contributed by atoms with van der Waals surface area (Å²) in [4.78, 5) is 0. The van der Waals surface area contributed by atoms with Crippen molar-refractivity contribution in [3.8, 4) is 5.75 Å². The SMILES string of the molecule is CCC1(C)C(N)CC1Oc1ccc(F)c(C)c1. The van der Waals surface area contributed by atoms with Crippen molar-refractivity contribution in [1.29, 1.82) is 0 Å². The first-order chi connectivity index (χ1) is 7.97. The number of rotatable bonds is 3. The van der Waals surface area contributed by atoms with E-state index >= 15 is 0 Å². The second-order valence-corrected chi connectivity index (χ2v) is 5.22. The maximum absolute atomic E-state index is 13.1. The molecule has 2 N–H and O–H groups in total. The summed E-state index contributed by atoms with van der Waals surface area (Å²) in [5.74, 6) is 0.543. The fraction of sp³-hybridized carbons (Fsp3) is 0.571. The highest BCUT2D eigenvalue weighted by Crippen LogP contribution is 2.44. The van der Waals surface area contributed by atoms with E-state index in [1.807, 2.05) is 0 Å². The van der Waals surface area contributed by atoms with Crippen LogP contribution in [0.2, 0.25) is 0 Å². The summed E-state index contributed by atoms with van der Waals surface area (Å²) in [7, 11) is 0. The zero-order chi connectivity index (χ0) is 12.6. The third-order valence-electron chi connectivity index (χ3n) is 4.22. The summed E-state index contributed by atoms with van der Waals surface area (Å²) < 4.78 is 19.1. The summed E-state index contributed by atoms with van der Waals surface area (Å²) >= 11 is 0. The first-order valence-electron chi connectivity index (χ1n) is 6.15. The van der Waals surface area contributed by atoms with E-state index in [1.165, 1.54) is 6.07 Å². The second kappa shape index (κ2) is 4.30. The Kier molecular flexibility index (Phi) is 3.13. The lowest BCUT2D eigenvalue weighted by Gasteiger charge is -2.51. The second-order valence-electron chi connectivity index (χ2n) is 5.22. The van der Waals surface area contributed by atoms with Crippen molar-refractivity contribution in [2.24, 2.45) is 11.1 Å². The molecule has 1 saturated carbocycles. The van der Waals surface area contributed by atoms with Crippen LogP contribution in [0.4, 0.5) is 4.39 Å². The average Bonchev–Trinajstić information content (AvgIpc) is 2.32. The van der Waals surface area contributed by atoms with E-state index in [0.717, 1.165) is 18.6 Å². The zero-order valence-electron chi connectivity index (χ0n) is 10.7. The molecule has 17 heavy (non-hydrogen) atoms. The first-order valence-corrected chi connectivity index (χ1v) is 6.15. The number of aryl methyl sites for hydroxylation is 1. The molecule has 0 heterocycles. The molecule has 2 nitrogen and oxygen atoms in total. The lowest BCUT2D eigenvalue weighted by molar-refractivity contribution is -0.0560. The van der Waals surface area contributed by atoms with Gasteiger partial charge in [-0.25, -0.2) is 4.39 Å². The van der Waals surface area contributed by atoms with Crippen LogP contribution in [0.5, 0.6) is 5.75 Å². The monoisotopic (exact) mass is 237 g/mol. The molecule has 2 rings (SSSR count). The minimum absolute atomic E-state index is 0.0439. The largest absolute Gasteiger partial charge is 0.490 e. The fourth-order valence-electron chi connectivity index (χ4n) is 2.37. The minimum Gasteiger partial charge on any atom is -0.490 e. The van der Waals surface area contributed by atoms with E-state index < -0.39 is 0 Å². The van der Waals surface area contributed by atoms with Crippen molar-refractivity contribution in [3.63, 3.8) is 0 Å². The van der Waals surface area contributed by atoms with Crippen LogP contribution in [0.1, 0.15) is 32.3 Å². The van der Waals surface area contributed by atoms with E-state index in [4.69, 9.17) is 10.5 Å². The Labute approximate surface area is 102 Å². The molecule has 1 aliphatic rings. The molecule has 0 aliphatic heterocycles. The Morgan fingerprint density at radius 3 is 2.76 bits per heavy atom. The molecule has 0 spiro atoms. The molecule has 0 bridgehead atoms. The molecule has 3 atom stereocenters. The van der Waals surface area contributed by atoms with Crippen molar-refractivity contribution in [3.05, 3.63) is 29.6 Å². The third-order valence-corrected chi connectivity index (χ3v) is 4.22. The molecule has 0 aromatic heterocycles. The Morgan fingerprint density at radius 2 is 2.24 bits per heavy atom. The molecular formula is C14H20FNO. The Hall–Kier alpha value is -1.09. The third kappa shape index (κ3) is 2.04. The molecule has 1 fully saturated rings. The van der Waals surface area contributed by atoms with Crippen molar-refractivity contribution < 1.29 is 9.13 Å². The van der Waals surface area contributed by atoms with Gasteiger partial charge in [-0.3, -0.25) is 0 Å². The zero-order valence-corrected chi connectivity index (χ0v) is 10.7. The number of hydrogen-bond acceptors (Lipinski definition) is 2. The van der Waals surface area contributed by atoms with Gasteiger partial charge in [-0.1, -0.05) is 13.8 Å². The molecule has 1 aromatic rings. The van der Waals surface area contributed by atoms with Crippen LogP contribution in [0, 0.1) is 18.2 Å². The Morgan fingerprint density at radius 1 is 1.53 bits per heavy atom. The predicted octanol–water partition coefficient (Wildman–Crippen LogP) is 3.03. The van der Waals surface area contributed by atoms with Gasteiger partial charge in [0.25, 0.3) is 0 Å². The van der Waals surface area contributed by atoms with Crippen LogP contribution in [-0.2, 0) is 0 Å². The molecule has 0 amide bonds. The highest BCUT2D eigenvalue weighted by Gasteiger charge is 2.50. The van der Waals surface area contributed by atoms with Gasteiger partial charge >= 0.3 is 0 Å². The molecule has 0 saturated heterocycles. The maximum atomic E-state index is 13.1. The van der Waals surface area contributed by atoms with E-state index in [0.29, 0.717) is 5.56 Å². The molecule has 1 aliphatic carbocycles. The number of benzene rings is 1. The molecule has 3 heteroatoms. The number of ether oxygens (including phenoxy) is 1. The van der Waals surface area contributed by atoms with Gasteiger partial charge < -0.3 is 10.5 Å². The molecule has 3 unspecified atom stereocenters. The van der Waals surface area contributed by atoms with Crippen molar-refractivity contribution in [2.75, 3.05) is 0 Å². The van der Waals surface area contributed by atoms with Gasteiger partial charge in [-0.05, 0) is 37.1 Å². The standard InChI is InChI=1S/C14H20FNO/c1-4-14(3)12(16)8-13(14)17-10-5-6-11(15)9(2)7-10/h5-7,12-13H,4,8,16H2,1-3H3. The summed E-state index contributed by atoms with van der Waals surface area (Å²) in [5, 5.41) is 0. The average molecular weight is 237 g/mol. The summed E-state index contributed by atoms with van der Waals surface area (Å²) in [5.41, 5.74) is 6.68. The Bertz CT molecular complexity index is 421. The maximum Gasteiger partial charge on any atom is 0.126 e. The van der Waals surface area contributed by atoms with Crippen LogP contribution in [0.25, 0.3) is 0 Å². The lowest BCUT2D eigenvalue weighted by Crippen LogP contribution is -2.61. The van der Waals surface area contributed by atoms with Gasteiger partial charge in [0.1, 0.15) is 17.7 Å². The highest BCUT2D eigenvalue weighted by atomic mass is 19.1. The van der Waals surface area contributed by atoms with Gasteiger partial charge in [-0.15, -0.1) is 0 Å². The number of halogens is 1. The van der Waals surface area contributed by atoms with Gasteiger partial charge in [0.05, 0.1) is 0 Å². The minimum atomic E-state index is -0.194. The highest BCUT2D eigenvalue weighted by molar-refractivity contribution is 5.29. The van der Waals surface area contributed by atoms with Gasteiger partial charge in [0.2, 0.25) is 0 Å². The normalized spacial score (nSPS) is 32.1. The molecule has 0 radical (unpaired) electrons. The van der Waals surface area contributed by atoms with E-state index in [2.05, 4.69) is 13.8 Å². The van der Waals surface area contributed by atoms with Crippen LogP contribution in [-0.4, -0.2) is 12.1 Å². The van der Waals surface area contributed by atoms with Gasteiger partial charge in [-0.2, -0.15) is 0 Å². The van der Waals surface area contributed by atoms with Crippen LogP contribution >= 0.6 is 0 Å². The smallest absolute Gasteiger partial charge is 0.126 e. The summed E-state index contributed by atoms with van der Waals surface area (Å²) in [6, 6.07) is 5.09. The summed E-state index contributed by atoms with van der Waals surface area (Å²) in [6.07, 6.45) is 2.02. The van der Waals surface area contributed by atoms with Crippen molar-refractivity contribution >= 4 is 0 Å². The fourth-order valence-corrected chi connectivity index (χ4v) is 2.37. The topological polar surface area (TPSA) is 35.2 Å². The predicted molar refractivity (Wildman–Crippen MR) is 66.5 cm³/mol. The first kappa shape index (κ1) is 12.4. The van der Waals surface area contributed by atoms with Crippen LogP contribution in [0.3, 0.4) is 0 Å².